The van der Waals surface area contributed by atoms with E-state index in [0.29, 0.717) is 54.2 Å². The van der Waals surface area contributed by atoms with Crippen LogP contribution in [0.4, 0.5) is 10.1 Å². The standard InChI is InChI=1S/C22H22FN5O3S/c1-15(29)16-4-6-19(18(23)13-16)27-8-10-28(11-9-27)21(30)14-32-22-24-20(25-26-22)7-5-17-3-2-12-31-17/h2-7,12-13H,8-11,14H2,1H3,(H,24,25,26). The normalized spacial score (nSPS) is 14.3. The second-order valence-electron chi connectivity index (χ2n) is 7.23. The quantitative estimate of drug-likeness (QED) is 0.431. The number of aromatic nitrogens is 3. The minimum Gasteiger partial charge on any atom is -0.465 e. The number of piperazine rings is 1. The average Bonchev–Trinajstić information content (AvgIpc) is 3.48. The van der Waals surface area contributed by atoms with Gasteiger partial charge >= 0.3 is 0 Å². The molecular formula is C22H22FN5O3S. The summed E-state index contributed by atoms with van der Waals surface area (Å²) < 4.78 is 19.6. The van der Waals surface area contributed by atoms with E-state index in [2.05, 4.69) is 15.2 Å². The van der Waals surface area contributed by atoms with E-state index in [9.17, 15) is 14.0 Å². The average molecular weight is 456 g/mol. The van der Waals surface area contributed by atoms with Crippen LogP contribution in [-0.4, -0.2) is 63.7 Å². The molecule has 3 heterocycles. The predicted octanol–water partition coefficient (Wildman–Crippen LogP) is 3.35. The highest BCUT2D eigenvalue weighted by Gasteiger charge is 2.23. The molecule has 1 aromatic carbocycles. The van der Waals surface area contributed by atoms with Crippen LogP contribution in [0.2, 0.25) is 0 Å². The van der Waals surface area contributed by atoms with Crippen molar-refractivity contribution in [3.05, 3.63) is 59.6 Å². The van der Waals surface area contributed by atoms with Gasteiger partial charge in [-0.2, -0.15) is 0 Å². The number of halogens is 1. The summed E-state index contributed by atoms with van der Waals surface area (Å²) in [5, 5.41) is 7.42. The highest BCUT2D eigenvalue weighted by molar-refractivity contribution is 7.99. The Kier molecular flexibility index (Phi) is 6.69. The van der Waals surface area contributed by atoms with Gasteiger partial charge in [0.15, 0.2) is 5.78 Å². The van der Waals surface area contributed by atoms with E-state index in [1.54, 1.807) is 41.5 Å². The van der Waals surface area contributed by atoms with Crippen LogP contribution in [0, 0.1) is 5.82 Å². The summed E-state index contributed by atoms with van der Waals surface area (Å²) in [5.41, 5.74) is 0.802. The van der Waals surface area contributed by atoms with Crippen molar-refractivity contribution in [2.24, 2.45) is 0 Å². The molecule has 0 saturated carbocycles. The minimum atomic E-state index is -0.422. The fourth-order valence-electron chi connectivity index (χ4n) is 3.34. The Morgan fingerprint density at radius 1 is 1.22 bits per heavy atom. The largest absolute Gasteiger partial charge is 0.465 e. The smallest absolute Gasteiger partial charge is 0.233 e. The maximum atomic E-state index is 14.4. The van der Waals surface area contributed by atoms with Crippen molar-refractivity contribution >= 4 is 41.3 Å². The van der Waals surface area contributed by atoms with Crippen LogP contribution < -0.4 is 4.90 Å². The molecule has 1 fully saturated rings. The van der Waals surface area contributed by atoms with Crippen LogP contribution in [0.25, 0.3) is 12.2 Å². The molecule has 8 nitrogen and oxygen atoms in total. The van der Waals surface area contributed by atoms with Crippen LogP contribution in [-0.2, 0) is 4.79 Å². The lowest BCUT2D eigenvalue weighted by molar-refractivity contribution is -0.128. The number of benzene rings is 1. The van der Waals surface area contributed by atoms with Gasteiger partial charge in [-0.15, -0.1) is 5.10 Å². The summed E-state index contributed by atoms with van der Waals surface area (Å²) in [6, 6.07) is 8.15. The van der Waals surface area contributed by atoms with Crippen molar-refractivity contribution in [3.63, 3.8) is 0 Å². The maximum Gasteiger partial charge on any atom is 0.233 e. The molecular weight excluding hydrogens is 433 g/mol. The number of amides is 1. The summed E-state index contributed by atoms with van der Waals surface area (Å²) in [7, 11) is 0. The van der Waals surface area contributed by atoms with E-state index in [-0.39, 0.29) is 17.4 Å². The van der Waals surface area contributed by atoms with Gasteiger partial charge in [-0.3, -0.25) is 14.7 Å². The minimum absolute atomic E-state index is 0.0143. The maximum absolute atomic E-state index is 14.4. The summed E-state index contributed by atoms with van der Waals surface area (Å²) in [6.07, 6.45) is 5.11. The van der Waals surface area contributed by atoms with E-state index in [1.807, 2.05) is 11.0 Å². The van der Waals surface area contributed by atoms with Crippen molar-refractivity contribution in [3.8, 4) is 0 Å². The molecule has 0 radical (unpaired) electrons. The van der Waals surface area contributed by atoms with Crippen LogP contribution in [0.15, 0.2) is 46.2 Å². The lowest BCUT2D eigenvalue weighted by atomic mass is 10.1. The zero-order valence-corrected chi connectivity index (χ0v) is 18.3. The third-order valence-corrected chi connectivity index (χ3v) is 5.91. The van der Waals surface area contributed by atoms with Gasteiger partial charge in [-0.1, -0.05) is 11.8 Å². The molecule has 166 valence electrons. The number of nitrogens with one attached hydrogen (secondary N) is 1. The molecule has 1 aliphatic rings. The zero-order chi connectivity index (χ0) is 22.5. The number of ketones is 1. The first kappa shape index (κ1) is 21.8. The van der Waals surface area contributed by atoms with Gasteiger partial charge in [-0.05, 0) is 49.4 Å². The highest BCUT2D eigenvalue weighted by Crippen LogP contribution is 2.23. The first-order valence-corrected chi connectivity index (χ1v) is 11.1. The third kappa shape index (κ3) is 5.25. The first-order chi connectivity index (χ1) is 15.5. The number of thioether (sulfide) groups is 1. The molecule has 4 rings (SSSR count). The first-order valence-electron chi connectivity index (χ1n) is 10.1. The van der Waals surface area contributed by atoms with Crippen LogP contribution in [0.5, 0.6) is 0 Å². The van der Waals surface area contributed by atoms with Gasteiger partial charge < -0.3 is 14.2 Å². The van der Waals surface area contributed by atoms with Crippen molar-refractivity contribution < 1.29 is 18.4 Å². The molecule has 0 bridgehead atoms. The summed E-state index contributed by atoms with van der Waals surface area (Å²) >= 11 is 1.26. The second-order valence-corrected chi connectivity index (χ2v) is 8.17. The molecule has 1 amide bonds. The van der Waals surface area contributed by atoms with Crippen molar-refractivity contribution in [1.82, 2.24) is 20.1 Å². The Balaban J connectivity index is 1.26. The number of furan rings is 1. The molecule has 0 atom stereocenters. The molecule has 10 heteroatoms. The van der Waals surface area contributed by atoms with Gasteiger partial charge in [0, 0.05) is 31.7 Å². The lowest BCUT2D eigenvalue weighted by Crippen LogP contribution is -2.49. The fourth-order valence-corrected chi connectivity index (χ4v) is 4.05. The summed E-state index contributed by atoms with van der Waals surface area (Å²) in [5.74, 6) is 0.896. The molecule has 0 spiro atoms. The van der Waals surface area contributed by atoms with Crippen LogP contribution >= 0.6 is 11.8 Å². The van der Waals surface area contributed by atoms with E-state index in [1.165, 1.54) is 24.8 Å². The molecule has 1 saturated heterocycles. The number of rotatable bonds is 7. The molecule has 3 aromatic rings. The van der Waals surface area contributed by atoms with Gasteiger partial charge in [0.1, 0.15) is 17.4 Å². The predicted molar refractivity (Wildman–Crippen MR) is 120 cm³/mol. The molecule has 0 aliphatic carbocycles. The van der Waals surface area contributed by atoms with E-state index < -0.39 is 5.82 Å². The number of H-pyrrole nitrogens is 1. The Morgan fingerprint density at radius 3 is 2.72 bits per heavy atom. The number of hydrogen-bond donors (Lipinski definition) is 1. The van der Waals surface area contributed by atoms with Gasteiger partial charge in [0.05, 0.1) is 17.7 Å². The Bertz CT molecular complexity index is 1120. The van der Waals surface area contributed by atoms with Gasteiger partial charge in [0.25, 0.3) is 0 Å². The number of carbonyl (C=O) groups excluding carboxylic acids is 2. The second kappa shape index (κ2) is 9.82. The van der Waals surface area contributed by atoms with Crippen molar-refractivity contribution in [1.29, 1.82) is 0 Å². The number of aromatic amines is 1. The molecule has 1 aliphatic heterocycles. The Labute approximate surface area is 188 Å². The number of Topliss-reactive ketones (excluding diaryl/α,β-unsaturated/α-hetero) is 1. The number of nitrogens with zero attached hydrogens (tertiary/aromatic N) is 4. The third-order valence-electron chi connectivity index (χ3n) is 5.08. The topological polar surface area (TPSA) is 95.3 Å². The van der Waals surface area contributed by atoms with E-state index in [0.717, 1.165) is 0 Å². The number of anilines is 1. The molecule has 2 aromatic heterocycles. The molecule has 32 heavy (non-hydrogen) atoms. The SMILES string of the molecule is CC(=O)c1ccc(N2CCN(C(=O)CSc3n[nH]c(C=Cc4ccco4)n3)CC2)c(F)c1. The molecule has 0 unspecified atom stereocenters. The lowest BCUT2D eigenvalue weighted by Gasteiger charge is -2.36. The Hall–Kier alpha value is -3.40. The number of carbonyl (C=O) groups is 2. The van der Waals surface area contributed by atoms with Crippen LogP contribution in [0.1, 0.15) is 28.9 Å². The summed E-state index contributed by atoms with van der Waals surface area (Å²) in [4.78, 5) is 32.0. The van der Waals surface area contributed by atoms with E-state index in [4.69, 9.17) is 4.42 Å². The summed E-state index contributed by atoms with van der Waals surface area (Å²) in [6.45, 7) is 3.45. The fraction of sp³-hybridized carbons (Fsp3) is 0.273. The van der Waals surface area contributed by atoms with Gasteiger partial charge in [0.2, 0.25) is 11.1 Å². The Morgan fingerprint density at radius 2 is 2.03 bits per heavy atom. The van der Waals surface area contributed by atoms with Gasteiger partial charge in [-0.25, -0.2) is 9.37 Å². The van der Waals surface area contributed by atoms with Crippen molar-refractivity contribution in [2.45, 2.75) is 12.1 Å². The zero-order valence-electron chi connectivity index (χ0n) is 17.5. The van der Waals surface area contributed by atoms with E-state index >= 15 is 0 Å². The molecule has 1 N–H and O–H groups in total. The monoisotopic (exact) mass is 455 g/mol. The van der Waals surface area contributed by atoms with Crippen LogP contribution in [0.3, 0.4) is 0 Å². The van der Waals surface area contributed by atoms with Crippen molar-refractivity contribution in [2.75, 3.05) is 36.8 Å². The number of hydrogen-bond acceptors (Lipinski definition) is 7. The highest BCUT2D eigenvalue weighted by atomic mass is 32.2.